The molecule has 244 valence electrons. The van der Waals surface area contributed by atoms with E-state index < -0.39 is 26.5 Å². The summed E-state index contributed by atoms with van der Waals surface area (Å²) < 4.78 is 26.1. The number of hydrogen-bond donors (Lipinski definition) is 3. The molecule has 0 saturated carbocycles. The lowest BCUT2D eigenvalue weighted by atomic mass is 10.1. The zero-order valence-electron chi connectivity index (χ0n) is 26.1. The molecule has 10 heteroatoms. The molecular formula is C33H54NO8P. The molecule has 9 nitrogen and oxygen atoms in total. The number of phosphoric ester groups is 1. The van der Waals surface area contributed by atoms with E-state index in [0.717, 1.165) is 57.8 Å². The Bertz CT molecular complexity index is 939. The number of aliphatic hydroxyl groups excluding tert-OH is 1. The molecule has 0 bridgehead atoms. The number of ether oxygens (including phenoxy) is 1. The fraction of sp³-hybridized carbons (Fsp3) is 0.576. The SMILES string of the molecule is CC/C=C\C/C=C\C/C=C\C/C=C\C/C=C\C/C=C\CCCCC(=O)NCCOP(=O)(O)OCC(O)COC(=O)CCC. The Kier molecular flexibility index (Phi) is 27.8. The number of unbranched alkanes of at least 4 members (excludes halogenated alkanes) is 2. The summed E-state index contributed by atoms with van der Waals surface area (Å²) in [7, 11) is -4.40. The Morgan fingerprint density at radius 3 is 1.81 bits per heavy atom. The summed E-state index contributed by atoms with van der Waals surface area (Å²) in [6, 6.07) is 0. The van der Waals surface area contributed by atoms with Gasteiger partial charge >= 0.3 is 13.8 Å². The number of nitrogens with one attached hydrogen (secondary N) is 1. The Labute approximate surface area is 259 Å². The first-order valence-corrected chi connectivity index (χ1v) is 16.9. The maximum absolute atomic E-state index is 11.9. The molecule has 0 aliphatic rings. The first kappa shape index (κ1) is 40.5. The van der Waals surface area contributed by atoms with Gasteiger partial charge in [-0.05, 0) is 64.2 Å². The summed E-state index contributed by atoms with van der Waals surface area (Å²) in [5, 5.41) is 12.3. The molecule has 0 fully saturated rings. The van der Waals surface area contributed by atoms with Crippen LogP contribution in [-0.2, 0) is 27.9 Å². The van der Waals surface area contributed by atoms with Crippen LogP contribution in [0, 0.1) is 0 Å². The van der Waals surface area contributed by atoms with E-state index in [1.54, 1.807) is 0 Å². The van der Waals surface area contributed by atoms with Gasteiger partial charge in [0.15, 0.2) is 0 Å². The van der Waals surface area contributed by atoms with Crippen LogP contribution in [0.1, 0.15) is 90.9 Å². The third-order valence-electron chi connectivity index (χ3n) is 5.62. The minimum absolute atomic E-state index is 0.0527. The predicted octanol–water partition coefficient (Wildman–Crippen LogP) is 7.20. The normalized spacial score (nSPS) is 14.6. The van der Waals surface area contributed by atoms with Gasteiger partial charge in [0.25, 0.3) is 0 Å². The molecule has 0 radical (unpaired) electrons. The van der Waals surface area contributed by atoms with Crippen LogP contribution in [0.2, 0.25) is 0 Å². The van der Waals surface area contributed by atoms with Gasteiger partial charge in [0.1, 0.15) is 12.7 Å². The molecular weight excluding hydrogens is 569 g/mol. The number of carbonyl (C=O) groups excluding carboxylic acids is 2. The molecule has 43 heavy (non-hydrogen) atoms. The zero-order chi connectivity index (χ0) is 31.9. The monoisotopic (exact) mass is 623 g/mol. The summed E-state index contributed by atoms with van der Waals surface area (Å²) in [5.74, 6) is -0.626. The third kappa shape index (κ3) is 30.7. The maximum atomic E-state index is 11.9. The van der Waals surface area contributed by atoms with Crippen LogP contribution in [0.5, 0.6) is 0 Å². The van der Waals surface area contributed by atoms with E-state index in [9.17, 15) is 24.2 Å². The van der Waals surface area contributed by atoms with E-state index in [1.807, 2.05) is 6.92 Å². The second-order valence-corrected chi connectivity index (χ2v) is 11.1. The molecule has 0 spiro atoms. The van der Waals surface area contributed by atoms with Gasteiger partial charge in [-0.1, -0.05) is 86.8 Å². The van der Waals surface area contributed by atoms with E-state index in [2.05, 4.69) is 89.7 Å². The summed E-state index contributed by atoms with van der Waals surface area (Å²) >= 11 is 0. The number of aliphatic hydroxyl groups is 1. The van der Waals surface area contributed by atoms with Crippen molar-refractivity contribution in [3.8, 4) is 0 Å². The van der Waals surface area contributed by atoms with E-state index in [1.165, 1.54) is 0 Å². The number of rotatable bonds is 27. The Morgan fingerprint density at radius 1 is 0.744 bits per heavy atom. The molecule has 0 rings (SSSR count). The van der Waals surface area contributed by atoms with E-state index in [4.69, 9.17) is 9.26 Å². The van der Waals surface area contributed by atoms with Gasteiger partial charge in [0.05, 0.1) is 13.2 Å². The van der Waals surface area contributed by atoms with Crippen LogP contribution in [0.15, 0.2) is 72.9 Å². The number of amides is 1. The zero-order valence-corrected chi connectivity index (χ0v) is 27.0. The molecule has 3 N–H and O–H groups in total. The molecule has 2 atom stereocenters. The second kappa shape index (κ2) is 29.5. The third-order valence-corrected chi connectivity index (χ3v) is 6.60. The summed E-state index contributed by atoms with van der Waals surface area (Å²) in [6.07, 6.45) is 34.4. The largest absolute Gasteiger partial charge is 0.472 e. The molecule has 0 saturated heterocycles. The summed E-state index contributed by atoms with van der Waals surface area (Å²) in [4.78, 5) is 32.8. The van der Waals surface area contributed by atoms with Crippen LogP contribution in [-0.4, -0.2) is 54.3 Å². The van der Waals surface area contributed by atoms with Crippen LogP contribution in [0.25, 0.3) is 0 Å². The van der Waals surface area contributed by atoms with Crippen LogP contribution in [0.4, 0.5) is 0 Å². The van der Waals surface area contributed by atoms with Crippen molar-refractivity contribution in [3.63, 3.8) is 0 Å². The maximum Gasteiger partial charge on any atom is 0.472 e. The number of allylic oxidation sites excluding steroid dienone is 12. The molecule has 2 unspecified atom stereocenters. The smallest absolute Gasteiger partial charge is 0.463 e. The number of esters is 1. The average molecular weight is 624 g/mol. The molecule has 0 heterocycles. The lowest BCUT2D eigenvalue weighted by molar-refractivity contribution is -0.147. The Balaban J connectivity index is 3.71. The van der Waals surface area contributed by atoms with E-state index in [0.29, 0.717) is 12.8 Å². The van der Waals surface area contributed by atoms with Crippen molar-refractivity contribution in [1.82, 2.24) is 5.32 Å². The predicted molar refractivity (Wildman–Crippen MR) is 173 cm³/mol. The minimum atomic E-state index is -4.40. The standard InChI is InChI=1S/C33H54NO8P/c1-3-5-6-7-8-9-10-11-12-13-14-15-16-17-18-19-20-21-22-23-24-26-32(36)34-27-28-41-43(38,39)42-30-31(35)29-40-33(37)25-4-2/h5-6,8-9,11-12,14-15,17-18,20-21,31,35H,3-4,7,10,13,16,19,22-30H2,1-2H3,(H,34,36)(H,38,39)/b6-5-,9-8-,12-11-,15-14-,18-17-,21-20-. The van der Waals surface area contributed by atoms with Gasteiger partial charge in [-0.15, -0.1) is 0 Å². The van der Waals surface area contributed by atoms with Gasteiger partial charge in [0, 0.05) is 19.4 Å². The van der Waals surface area contributed by atoms with Crippen molar-refractivity contribution in [2.75, 3.05) is 26.4 Å². The van der Waals surface area contributed by atoms with Gasteiger partial charge in [-0.3, -0.25) is 18.6 Å². The first-order valence-electron chi connectivity index (χ1n) is 15.4. The van der Waals surface area contributed by atoms with Crippen LogP contribution >= 0.6 is 7.82 Å². The van der Waals surface area contributed by atoms with E-state index >= 15 is 0 Å². The lowest BCUT2D eigenvalue weighted by Gasteiger charge is -2.15. The van der Waals surface area contributed by atoms with Crippen molar-refractivity contribution in [3.05, 3.63) is 72.9 Å². The van der Waals surface area contributed by atoms with Gasteiger partial charge in [0.2, 0.25) is 5.91 Å². The average Bonchev–Trinajstić information content (AvgIpc) is 2.98. The molecule has 1 amide bonds. The Morgan fingerprint density at radius 2 is 1.28 bits per heavy atom. The number of phosphoric acid groups is 1. The van der Waals surface area contributed by atoms with Crippen molar-refractivity contribution in [2.24, 2.45) is 0 Å². The number of hydrogen-bond acceptors (Lipinski definition) is 7. The van der Waals surface area contributed by atoms with Crippen molar-refractivity contribution in [1.29, 1.82) is 0 Å². The van der Waals surface area contributed by atoms with Crippen LogP contribution < -0.4 is 5.32 Å². The molecule has 0 aromatic heterocycles. The lowest BCUT2D eigenvalue weighted by Crippen LogP contribution is -2.27. The Hall–Kier alpha value is -2.55. The highest BCUT2D eigenvalue weighted by Gasteiger charge is 2.23. The van der Waals surface area contributed by atoms with Gasteiger partial charge in [-0.25, -0.2) is 4.57 Å². The van der Waals surface area contributed by atoms with Crippen LogP contribution in [0.3, 0.4) is 0 Å². The fourth-order valence-corrected chi connectivity index (χ4v) is 4.12. The topological polar surface area (TPSA) is 131 Å². The highest BCUT2D eigenvalue weighted by Crippen LogP contribution is 2.42. The fourth-order valence-electron chi connectivity index (χ4n) is 3.36. The highest BCUT2D eigenvalue weighted by atomic mass is 31.2. The molecule has 0 aliphatic heterocycles. The van der Waals surface area contributed by atoms with Crippen molar-refractivity contribution >= 4 is 19.7 Å². The van der Waals surface area contributed by atoms with E-state index in [-0.39, 0.29) is 32.1 Å². The quantitative estimate of drug-likeness (QED) is 0.0379. The first-order chi connectivity index (χ1) is 20.8. The summed E-state index contributed by atoms with van der Waals surface area (Å²) in [5.41, 5.74) is 0. The molecule has 0 aromatic carbocycles. The van der Waals surface area contributed by atoms with Crippen molar-refractivity contribution < 1.29 is 37.9 Å². The minimum Gasteiger partial charge on any atom is -0.463 e. The summed E-state index contributed by atoms with van der Waals surface area (Å²) in [6.45, 7) is 2.92. The van der Waals surface area contributed by atoms with Gasteiger partial charge in [-0.2, -0.15) is 0 Å². The number of carbonyl (C=O) groups is 2. The highest BCUT2D eigenvalue weighted by molar-refractivity contribution is 7.47. The molecule has 0 aromatic rings. The second-order valence-electron chi connectivity index (χ2n) is 9.70. The van der Waals surface area contributed by atoms with Crippen molar-refractivity contribution in [2.45, 2.75) is 97.0 Å². The van der Waals surface area contributed by atoms with Gasteiger partial charge < -0.3 is 20.1 Å². The molecule has 0 aliphatic carbocycles.